The first-order chi connectivity index (χ1) is 14.6. The number of hydrogen-bond acceptors (Lipinski definition) is 5. The number of nitrogens with zero attached hydrogens (tertiary/aromatic N) is 2. The third-order valence-corrected chi connectivity index (χ3v) is 6.29. The summed E-state index contributed by atoms with van der Waals surface area (Å²) in [5.74, 6) is 3.41. The van der Waals surface area contributed by atoms with Crippen LogP contribution >= 0.6 is 0 Å². The molecule has 0 bridgehead atoms. The van der Waals surface area contributed by atoms with Crippen LogP contribution in [0, 0.1) is 5.92 Å². The Kier molecular flexibility index (Phi) is 6.68. The quantitative estimate of drug-likeness (QED) is 0.626. The molecule has 1 saturated heterocycles. The van der Waals surface area contributed by atoms with Crippen LogP contribution in [-0.4, -0.2) is 52.0 Å². The highest BCUT2D eigenvalue weighted by atomic mass is 16.7. The van der Waals surface area contributed by atoms with Crippen LogP contribution < -0.4 is 19.1 Å². The summed E-state index contributed by atoms with van der Waals surface area (Å²) in [5.41, 5.74) is 2.67. The van der Waals surface area contributed by atoms with E-state index in [0.29, 0.717) is 25.2 Å². The van der Waals surface area contributed by atoms with E-state index in [2.05, 4.69) is 55.1 Å². The zero-order valence-corrected chi connectivity index (χ0v) is 18.5. The largest absolute Gasteiger partial charge is 0.493 e. The van der Waals surface area contributed by atoms with Crippen molar-refractivity contribution in [2.75, 3.05) is 52.0 Å². The number of benzene rings is 2. The fourth-order valence-electron chi connectivity index (χ4n) is 4.49. The first kappa shape index (κ1) is 20.9. The van der Waals surface area contributed by atoms with Crippen LogP contribution in [-0.2, 0) is 0 Å². The van der Waals surface area contributed by atoms with Gasteiger partial charge in [0, 0.05) is 38.3 Å². The molecule has 5 nitrogen and oxygen atoms in total. The first-order valence-electron chi connectivity index (χ1n) is 11.2. The molecule has 2 aromatic carbocycles. The minimum Gasteiger partial charge on any atom is -0.493 e. The van der Waals surface area contributed by atoms with Gasteiger partial charge in [-0.1, -0.05) is 25.5 Å². The summed E-state index contributed by atoms with van der Waals surface area (Å²) in [5, 5.41) is 0. The molecule has 0 N–H and O–H groups in total. The average molecular weight is 411 g/mol. The second-order valence-corrected chi connectivity index (χ2v) is 8.62. The molecule has 30 heavy (non-hydrogen) atoms. The number of fused-ring (bicyclic) bond motifs is 1. The summed E-state index contributed by atoms with van der Waals surface area (Å²) in [7, 11) is 4.17. The van der Waals surface area contributed by atoms with E-state index in [1.54, 1.807) is 0 Å². The number of anilines is 1. The van der Waals surface area contributed by atoms with Crippen LogP contribution in [0.1, 0.15) is 37.7 Å². The SMILES string of the molecule is CCCCN1CC[C@H](c2ccc(N(C)C)cc2)[C@@H](COc2ccc3c(c2)OCO3)C1. The van der Waals surface area contributed by atoms with Crippen molar-refractivity contribution < 1.29 is 14.2 Å². The van der Waals surface area contributed by atoms with E-state index in [1.165, 1.54) is 43.6 Å². The first-order valence-corrected chi connectivity index (χ1v) is 11.2. The van der Waals surface area contributed by atoms with Gasteiger partial charge in [0.25, 0.3) is 0 Å². The minimum absolute atomic E-state index is 0.290. The molecule has 0 amide bonds. The lowest BCUT2D eigenvalue weighted by molar-refractivity contribution is 0.110. The third-order valence-electron chi connectivity index (χ3n) is 6.29. The van der Waals surface area contributed by atoms with Crippen molar-refractivity contribution in [3.8, 4) is 17.2 Å². The summed E-state index contributed by atoms with van der Waals surface area (Å²) in [6.07, 6.45) is 3.68. The fraction of sp³-hybridized carbons (Fsp3) is 0.520. The number of piperidine rings is 1. The fourth-order valence-corrected chi connectivity index (χ4v) is 4.49. The number of likely N-dealkylation sites (tertiary alicyclic amines) is 1. The molecule has 1 fully saturated rings. The topological polar surface area (TPSA) is 34.2 Å². The second-order valence-electron chi connectivity index (χ2n) is 8.62. The van der Waals surface area contributed by atoms with Gasteiger partial charge in [-0.3, -0.25) is 0 Å². The molecule has 2 aliphatic rings. The molecule has 162 valence electrons. The minimum atomic E-state index is 0.290. The lowest BCUT2D eigenvalue weighted by atomic mass is 9.80. The maximum atomic E-state index is 6.27. The number of ether oxygens (including phenoxy) is 3. The third kappa shape index (κ3) is 4.84. The number of unbranched alkanes of at least 4 members (excludes halogenated alkanes) is 1. The Morgan fingerprint density at radius 2 is 1.87 bits per heavy atom. The van der Waals surface area contributed by atoms with Gasteiger partial charge in [0.2, 0.25) is 6.79 Å². The van der Waals surface area contributed by atoms with Crippen LogP contribution in [0.3, 0.4) is 0 Å². The van der Waals surface area contributed by atoms with E-state index in [0.717, 1.165) is 23.8 Å². The van der Waals surface area contributed by atoms with Crippen LogP contribution in [0.5, 0.6) is 17.2 Å². The highest BCUT2D eigenvalue weighted by Gasteiger charge is 2.31. The Hall–Kier alpha value is -2.40. The second kappa shape index (κ2) is 9.61. The van der Waals surface area contributed by atoms with Gasteiger partial charge in [-0.05, 0) is 61.7 Å². The van der Waals surface area contributed by atoms with E-state index in [1.807, 2.05) is 18.2 Å². The van der Waals surface area contributed by atoms with Crippen LogP contribution in [0.2, 0.25) is 0 Å². The van der Waals surface area contributed by atoms with Gasteiger partial charge in [-0.2, -0.15) is 0 Å². The van der Waals surface area contributed by atoms with Crippen molar-refractivity contribution in [3.63, 3.8) is 0 Å². The van der Waals surface area contributed by atoms with Crippen molar-refractivity contribution in [2.45, 2.75) is 32.1 Å². The molecule has 5 heteroatoms. The average Bonchev–Trinajstić information content (AvgIpc) is 3.24. The van der Waals surface area contributed by atoms with E-state index >= 15 is 0 Å². The molecular weight excluding hydrogens is 376 g/mol. The summed E-state index contributed by atoms with van der Waals surface area (Å²) in [4.78, 5) is 4.76. The van der Waals surface area contributed by atoms with Gasteiger partial charge in [0.1, 0.15) is 5.75 Å². The molecular formula is C25H34N2O3. The van der Waals surface area contributed by atoms with E-state index < -0.39 is 0 Å². The van der Waals surface area contributed by atoms with E-state index in [9.17, 15) is 0 Å². The molecule has 0 unspecified atom stereocenters. The number of rotatable bonds is 8. The molecule has 4 rings (SSSR count). The Bertz CT molecular complexity index is 822. The van der Waals surface area contributed by atoms with E-state index in [-0.39, 0.29) is 0 Å². The van der Waals surface area contributed by atoms with Gasteiger partial charge in [0.05, 0.1) is 6.61 Å². The van der Waals surface area contributed by atoms with Gasteiger partial charge in [0.15, 0.2) is 11.5 Å². The lowest BCUT2D eigenvalue weighted by Crippen LogP contribution is -2.42. The Balaban J connectivity index is 1.46. The molecule has 2 heterocycles. The maximum Gasteiger partial charge on any atom is 0.231 e. The standard InChI is InChI=1S/C25H34N2O3/c1-4-5-13-27-14-12-23(19-6-8-21(9-7-19)26(2)3)20(16-27)17-28-22-10-11-24-25(15-22)30-18-29-24/h6-11,15,20,23H,4-5,12-14,16-18H2,1-3H3/t20-,23-/m1/s1. The molecule has 0 spiro atoms. The Morgan fingerprint density at radius 1 is 1.07 bits per heavy atom. The molecule has 2 atom stereocenters. The number of hydrogen-bond donors (Lipinski definition) is 0. The van der Waals surface area contributed by atoms with Crippen LogP contribution in [0.4, 0.5) is 5.69 Å². The lowest BCUT2D eigenvalue weighted by Gasteiger charge is -2.39. The predicted molar refractivity (Wildman–Crippen MR) is 121 cm³/mol. The Labute approximate surface area is 180 Å². The van der Waals surface area contributed by atoms with Gasteiger partial charge in [-0.15, -0.1) is 0 Å². The van der Waals surface area contributed by atoms with E-state index in [4.69, 9.17) is 14.2 Å². The summed E-state index contributed by atoms with van der Waals surface area (Å²) < 4.78 is 17.2. The smallest absolute Gasteiger partial charge is 0.231 e. The van der Waals surface area contributed by atoms with Crippen LogP contribution in [0.15, 0.2) is 42.5 Å². The van der Waals surface area contributed by atoms with Crippen molar-refractivity contribution >= 4 is 5.69 Å². The van der Waals surface area contributed by atoms with Crippen LogP contribution in [0.25, 0.3) is 0 Å². The molecule has 2 aliphatic heterocycles. The molecule has 0 radical (unpaired) electrons. The predicted octanol–water partition coefficient (Wildman–Crippen LogP) is 4.77. The normalized spacial score (nSPS) is 20.9. The highest BCUT2D eigenvalue weighted by molar-refractivity contribution is 5.47. The zero-order chi connectivity index (χ0) is 20.9. The van der Waals surface area contributed by atoms with Gasteiger partial charge >= 0.3 is 0 Å². The Morgan fingerprint density at radius 3 is 2.63 bits per heavy atom. The van der Waals surface area contributed by atoms with Crippen molar-refractivity contribution in [3.05, 3.63) is 48.0 Å². The summed E-state index contributed by atoms with van der Waals surface area (Å²) in [6, 6.07) is 14.9. The highest BCUT2D eigenvalue weighted by Crippen LogP contribution is 2.37. The van der Waals surface area contributed by atoms with Crippen molar-refractivity contribution in [2.24, 2.45) is 5.92 Å². The van der Waals surface area contributed by atoms with Crippen molar-refractivity contribution in [1.82, 2.24) is 4.90 Å². The molecule has 0 aliphatic carbocycles. The van der Waals surface area contributed by atoms with Gasteiger partial charge in [-0.25, -0.2) is 0 Å². The molecule has 2 aromatic rings. The molecule has 0 saturated carbocycles. The summed E-state index contributed by atoms with van der Waals surface area (Å²) >= 11 is 0. The summed E-state index contributed by atoms with van der Waals surface area (Å²) in [6.45, 7) is 6.70. The monoisotopic (exact) mass is 410 g/mol. The maximum absolute atomic E-state index is 6.27. The zero-order valence-electron chi connectivity index (χ0n) is 18.5. The van der Waals surface area contributed by atoms with Crippen molar-refractivity contribution in [1.29, 1.82) is 0 Å². The molecule has 0 aromatic heterocycles. The van der Waals surface area contributed by atoms with Gasteiger partial charge < -0.3 is 24.0 Å².